The standard InChI is InChI=1S/C9H13FN2O2S/c1-12(15(2,13)14)8-3-4-9(10)7(5-8)6-11/h3-5H,6,11H2,1-2H3. The minimum atomic E-state index is -3.32. The Morgan fingerprint density at radius 3 is 2.53 bits per heavy atom. The van der Waals surface area contributed by atoms with Gasteiger partial charge in [0.1, 0.15) is 5.82 Å². The second-order valence-electron chi connectivity index (χ2n) is 3.21. The Labute approximate surface area is 88.6 Å². The number of hydrogen-bond acceptors (Lipinski definition) is 3. The number of rotatable bonds is 3. The zero-order valence-corrected chi connectivity index (χ0v) is 9.38. The molecule has 0 radical (unpaired) electrons. The van der Waals surface area contributed by atoms with Crippen LogP contribution < -0.4 is 10.0 Å². The summed E-state index contributed by atoms with van der Waals surface area (Å²) in [6, 6.07) is 4.03. The number of benzene rings is 1. The molecule has 2 N–H and O–H groups in total. The van der Waals surface area contributed by atoms with Crippen molar-refractivity contribution in [3.8, 4) is 0 Å². The molecule has 1 aromatic carbocycles. The highest BCUT2D eigenvalue weighted by atomic mass is 32.2. The van der Waals surface area contributed by atoms with E-state index < -0.39 is 15.8 Å². The van der Waals surface area contributed by atoms with Gasteiger partial charge in [-0.1, -0.05) is 0 Å². The molecule has 0 aliphatic rings. The van der Waals surface area contributed by atoms with E-state index in [4.69, 9.17) is 5.73 Å². The van der Waals surface area contributed by atoms with E-state index in [1.54, 1.807) is 0 Å². The maximum atomic E-state index is 13.1. The molecule has 0 aromatic heterocycles. The summed E-state index contributed by atoms with van der Waals surface area (Å²) in [5.74, 6) is -0.428. The predicted molar refractivity (Wildman–Crippen MR) is 57.5 cm³/mol. The van der Waals surface area contributed by atoms with Gasteiger partial charge in [0.05, 0.1) is 11.9 Å². The minimum Gasteiger partial charge on any atom is -0.326 e. The highest BCUT2D eigenvalue weighted by Crippen LogP contribution is 2.19. The van der Waals surface area contributed by atoms with Crippen molar-refractivity contribution in [1.82, 2.24) is 0 Å². The lowest BCUT2D eigenvalue weighted by molar-refractivity contribution is 0.599. The maximum Gasteiger partial charge on any atom is 0.231 e. The molecule has 15 heavy (non-hydrogen) atoms. The first-order valence-electron chi connectivity index (χ1n) is 4.28. The first-order chi connectivity index (χ1) is 6.86. The summed E-state index contributed by atoms with van der Waals surface area (Å²) in [6.45, 7) is 0.0390. The Morgan fingerprint density at radius 1 is 1.47 bits per heavy atom. The van der Waals surface area contributed by atoms with Gasteiger partial charge in [-0.3, -0.25) is 4.31 Å². The van der Waals surface area contributed by atoms with Crippen LogP contribution in [0.1, 0.15) is 5.56 Å². The summed E-state index contributed by atoms with van der Waals surface area (Å²) >= 11 is 0. The third kappa shape index (κ3) is 2.66. The van der Waals surface area contributed by atoms with Crippen LogP contribution in [-0.2, 0) is 16.6 Å². The van der Waals surface area contributed by atoms with Crippen molar-refractivity contribution in [1.29, 1.82) is 0 Å². The van der Waals surface area contributed by atoms with E-state index in [0.717, 1.165) is 10.6 Å². The number of anilines is 1. The van der Waals surface area contributed by atoms with Crippen LogP contribution in [0.5, 0.6) is 0 Å². The Balaban J connectivity index is 3.17. The quantitative estimate of drug-likeness (QED) is 0.833. The number of hydrogen-bond donors (Lipinski definition) is 1. The molecule has 0 unspecified atom stereocenters. The average molecular weight is 232 g/mol. The van der Waals surface area contributed by atoms with Crippen LogP contribution in [0.4, 0.5) is 10.1 Å². The van der Waals surface area contributed by atoms with Crippen LogP contribution in [0.2, 0.25) is 0 Å². The normalized spacial score (nSPS) is 11.5. The van der Waals surface area contributed by atoms with Gasteiger partial charge in [0.2, 0.25) is 10.0 Å². The van der Waals surface area contributed by atoms with Gasteiger partial charge in [0.25, 0.3) is 0 Å². The molecular formula is C9H13FN2O2S. The van der Waals surface area contributed by atoms with E-state index in [9.17, 15) is 12.8 Å². The van der Waals surface area contributed by atoms with E-state index in [0.29, 0.717) is 11.3 Å². The predicted octanol–water partition coefficient (Wildman–Crippen LogP) is 0.680. The van der Waals surface area contributed by atoms with Crippen molar-refractivity contribution in [2.45, 2.75) is 6.54 Å². The number of halogens is 1. The van der Waals surface area contributed by atoms with Gasteiger partial charge in [-0.2, -0.15) is 0 Å². The van der Waals surface area contributed by atoms with Gasteiger partial charge >= 0.3 is 0 Å². The zero-order chi connectivity index (χ0) is 11.6. The maximum absolute atomic E-state index is 13.1. The highest BCUT2D eigenvalue weighted by Gasteiger charge is 2.13. The molecule has 84 valence electrons. The molecule has 0 aliphatic carbocycles. The monoisotopic (exact) mass is 232 g/mol. The third-order valence-electron chi connectivity index (χ3n) is 2.11. The summed E-state index contributed by atoms with van der Waals surface area (Å²) in [5.41, 5.74) is 6.02. The van der Waals surface area contributed by atoms with E-state index in [1.165, 1.54) is 25.2 Å². The summed E-state index contributed by atoms with van der Waals surface area (Å²) in [4.78, 5) is 0. The van der Waals surface area contributed by atoms with Gasteiger partial charge in [-0.05, 0) is 18.2 Å². The number of nitrogens with two attached hydrogens (primary N) is 1. The molecule has 0 aliphatic heterocycles. The van der Waals surface area contributed by atoms with Crippen LogP contribution in [0.25, 0.3) is 0 Å². The fourth-order valence-corrected chi connectivity index (χ4v) is 1.60. The molecule has 0 heterocycles. The second kappa shape index (κ2) is 4.16. The van der Waals surface area contributed by atoms with Gasteiger partial charge in [-0.15, -0.1) is 0 Å². The molecule has 1 aromatic rings. The van der Waals surface area contributed by atoms with Crippen molar-refractivity contribution >= 4 is 15.7 Å². The summed E-state index contributed by atoms with van der Waals surface area (Å²) in [5, 5.41) is 0. The van der Waals surface area contributed by atoms with Crippen molar-refractivity contribution in [3.05, 3.63) is 29.6 Å². The molecule has 0 bridgehead atoms. The molecule has 0 fully saturated rings. The molecule has 0 amide bonds. The topological polar surface area (TPSA) is 63.4 Å². The Kier molecular flexibility index (Phi) is 3.31. The average Bonchev–Trinajstić information content (AvgIpc) is 2.16. The molecule has 0 atom stereocenters. The smallest absolute Gasteiger partial charge is 0.231 e. The van der Waals surface area contributed by atoms with E-state index in [-0.39, 0.29) is 6.54 Å². The molecule has 1 rings (SSSR count). The van der Waals surface area contributed by atoms with Gasteiger partial charge in [-0.25, -0.2) is 12.8 Å². The fraction of sp³-hybridized carbons (Fsp3) is 0.333. The van der Waals surface area contributed by atoms with E-state index >= 15 is 0 Å². The van der Waals surface area contributed by atoms with Crippen LogP contribution in [0.3, 0.4) is 0 Å². The van der Waals surface area contributed by atoms with Crippen LogP contribution >= 0.6 is 0 Å². The van der Waals surface area contributed by atoms with E-state index in [1.807, 2.05) is 0 Å². The molecule has 0 spiro atoms. The Hall–Kier alpha value is -1.14. The third-order valence-corrected chi connectivity index (χ3v) is 3.32. The lowest BCUT2D eigenvalue weighted by Crippen LogP contribution is -2.25. The molecule has 6 heteroatoms. The summed E-state index contributed by atoms with van der Waals surface area (Å²) < 4.78 is 36.6. The largest absolute Gasteiger partial charge is 0.326 e. The van der Waals surface area contributed by atoms with Crippen LogP contribution in [0.15, 0.2) is 18.2 Å². The summed E-state index contributed by atoms with van der Waals surface area (Å²) in [7, 11) is -1.92. The summed E-state index contributed by atoms with van der Waals surface area (Å²) in [6.07, 6.45) is 1.08. The fourth-order valence-electron chi connectivity index (χ4n) is 1.10. The molecule has 0 saturated heterocycles. The lowest BCUT2D eigenvalue weighted by Gasteiger charge is -2.17. The SMILES string of the molecule is CN(c1ccc(F)c(CN)c1)S(C)(=O)=O. The van der Waals surface area contributed by atoms with Gasteiger partial charge in [0.15, 0.2) is 0 Å². The first-order valence-corrected chi connectivity index (χ1v) is 6.13. The van der Waals surface area contributed by atoms with Crippen molar-refractivity contribution < 1.29 is 12.8 Å². The van der Waals surface area contributed by atoms with Crippen LogP contribution in [0, 0.1) is 5.82 Å². The molecular weight excluding hydrogens is 219 g/mol. The van der Waals surface area contributed by atoms with E-state index in [2.05, 4.69) is 0 Å². The van der Waals surface area contributed by atoms with Crippen molar-refractivity contribution in [2.24, 2.45) is 5.73 Å². The number of sulfonamides is 1. The van der Waals surface area contributed by atoms with Gasteiger partial charge in [0, 0.05) is 19.2 Å². The van der Waals surface area contributed by atoms with Crippen molar-refractivity contribution in [3.63, 3.8) is 0 Å². The minimum absolute atomic E-state index is 0.0390. The van der Waals surface area contributed by atoms with Crippen LogP contribution in [-0.4, -0.2) is 21.7 Å². The lowest BCUT2D eigenvalue weighted by atomic mass is 10.2. The second-order valence-corrected chi connectivity index (χ2v) is 5.22. The zero-order valence-electron chi connectivity index (χ0n) is 8.57. The molecule has 0 saturated carbocycles. The first kappa shape index (κ1) is 11.9. The highest BCUT2D eigenvalue weighted by molar-refractivity contribution is 7.92. The Morgan fingerprint density at radius 2 is 2.07 bits per heavy atom. The molecule has 4 nitrogen and oxygen atoms in total. The Bertz CT molecular complexity index is 459. The van der Waals surface area contributed by atoms with Crippen molar-refractivity contribution in [2.75, 3.05) is 17.6 Å². The van der Waals surface area contributed by atoms with Gasteiger partial charge < -0.3 is 5.73 Å². The number of nitrogens with zero attached hydrogens (tertiary/aromatic N) is 1.